The van der Waals surface area contributed by atoms with E-state index < -0.39 is 23.1 Å². The molecule has 0 radical (unpaired) electrons. The molecule has 0 heterocycles. The summed E-state index contributed by atoms with van der Waals surface area (Å²) in [7, 11) is 0. The molecule has 1 rings (SSSR count). The average Bonchev–Trinajstić information content (AvgIpc) is 2.53. The van der Waals surface area contributed by atoms with E-state index in [1.807, 2.05) is 31.2 Å². The zero-order valence-corrected chi connectivity index (χ0v) is 16.7. The summed E-state index contributed by atoms with van der Waals surface area (Å²) in [6.07, 6.45) is 3.81. The second-order valence-electron chi connectivity index (χ2n) is 7.92. The number of carbonyl (C=O) groups is 2. The average molecular weight is 363 g/mol. The Bertz CT molecular complexity index is 589. The Kier molecular flexibility index (Phi) is 8.12. The molecule has 1 amide bonds. The number of amides is 1. The number of benzene rings is 1. The molecule has 1 aromatic carbocycles. The highest BCUT2D eigenvalue weighted by molar-refractivity contribution is 5.82. The van der Waals surface area contributed by atoms with E-state index in [4.69, 9.17) is 4.74 Å². The van der Waals surface area contributed by atoms with Crippen molar-refractivity contribution in [2.75, 3.05) is 6.54 Å². The van der Waals surface area contributed by atoms with Gasteiger partial charge in [-0.05, 0) is 39.7 Å². The van der Waals surface area contributed by atoms with Crippen LogP contribution in [0.5, 0.6) is 0 Å². The van der Waals surface area contributed by atoms with Gasteiger partial charge in [0.15, 0.2) is 0 Å². The number of hydrogen-bond acceptors (Lipinski definition) is 3. The summed E-state index contributed by atoms with van der Waals surface area (Å²) in [5, 5.41) is 12.7. The van der Waals surface area contributed by atoms with Crippen molar-refractivity contribution in [2.24, 2.45) is 0 Å². The van der Waals surface area contributed by atoms with E-state index in [0.29, 0.717) is 12.0 Å². The third kappa shape index (κ3) is 6.70. The number of ether oxygens (including phenoxy) is 1. The van der Waals surface area contributed by atoms with Crippen LogP contribution in [-0.2, 0) is 14.9 Å². The minimum Gasteiger partial charge on any atom is -0.481 e. The topological polar surface area (TPSA) is 75.6 Å². The van der Waals surface area contributed by atoms with E-state index in [0.717, 1.165) is 31.2 Å². The molecular formula is C21H33NO4. The predicted octanol–water partition coefficient (Wildman–Crippen LogP) is 4.81. The molecule has 0 aliphatic rings. The maximum absolute atomic E-state index is 12.3. The van der Waals surface area contributed by atoms with Gasteiger partial charge < -0.3 is 15.2 Å². The summed E-state index contributed by atoms with van der Waals surface area (Å²) >= 11 is 0. The normalized spacial score (nSPS) is 13.7. The summed E-state index contributed by atoms with van der Waals surface area (Å²) in [5.41, 5.74) is 0.00141. The maximum Gasteiger partial charge on any atom is 0.407 e. The molecule has 0 spiro atoms. The van der Waals surface area contributed by atoms with Gasteiger partial charge in [-0.3, -0.25) is 4.79 Å². The van der Waals surface area contributed by atoms with Crippen LogP contribution in [-0.4, -0.2) is 29.3 Å². The van der Waals surface area contributed by atoms with Crippen LogP contribution in [0.1, 0.15) is 70.9 Å². The summed E-state index contributed by atoms with van der Waals surface area (Å²) in [5.74, 6) is -0.922. The number of carboxylic acid groups (broad SMARTS) is 1. The van der Waals surface area contributed by atoms with Crippen LogP contribution in [0.15, 0.2) is 24.3 Å². The molecule has 1 unspecified atom stereocenters. The summed E-state index contributed by atoms with van der Waals surface area (Å²) in [6, 6.07) is 7.51. The maximum atomic E-state index is 12.3. The summed E-state index contributed by atoms with van der Waals surface area (Å²) in [6.45, 7) is 9.43. The van der Waals surface area contributed by atoms with Gasteiger partial charge in [0.1, 0.15) is 11.0 Å². The van der Waals surface area contributed by atoms with E-state index in [2.05, 4.69) is 12.2 Å². The monoisotopic (exact) mass is 363 g/mol. The fraction of sp³-hybridized carbons (Fsp3) is 0.619. The lowest BCUT2D eigenvalue weighted by molar-refractivity contribution is -0.144. The minimum atomic E-state index is -1.15. The molecule has 0 aromatic heterocycles. The minimum absolute atomic E-state index is 0.00638. The van der Waals surface area contributed by atoms with Gasteiger partial charge in [-0.25, -0.2) is 4.79 Å². The van der Waals surface area contributed by atoms with Crippen molar-refractivity contribution in [3.63, 3.8) is 0 Å². The first-order valence-corrected chi connectivity index (χ1v) is 9.38. The lowest BCUT2D eigenvalue weighted by Crippen LogP contribution is -2.47. The molecule has 0 fully saturated rings. The van der Waals surface area contributed by atoms with E-state index >= 15 is 0 Å². The number of aliphatic carboxylic acids is 1. The van der Waals surface area contributed by atoms with Crippen molar-refractivity contribution >= 4 is 12.1 Å². The lowest BCUT2D eigenvalue weighted by atomic mass is 9.75. The zero-order chi connectivity index (χ0) is 19.8. The Balaban J connectivity index is 3.03. The Labute approximate surface area is 157 Å². The quantitative estimate of drug-likeness (QED) is 0.617. The predicted molar refractivity (Wildman–Crippen MR) is 103 cm³/mol. The molecule has 1 atom stereocenters. The van der Waals surface area contributed by atoms with Crippen LogP contribution in [0.2, 0.25) is 0 Å². The van der Waals surface area contributed by atoms with Crippen molar-refractivity contribution in [3.05, 3.63) is 35.4 Å². The number of carbonyl (C=O) groups excluding carboxylic acids is 1. The summed E-state index contributed by atoms with van der Waals surface area (Å²) in [4.78, 5) is 24.3. The van der Waals surface area contributed by atoms with Crippen molar-refractivity contribution in [3.8, 4) is 0 Å². The molecule has 0 aliphatic heterocycles. The van der Waals surface area contributed by atoms with Crippen LogP contribution < -0.4 is 5.32 Å². The Morgan fingerprint density at radius 2 is 1.69 bits per heavy atom. The van der Waals surface area contributed by atoms with Gasteiger partial charge in [-0.2, -0.15) is 0 Å². The van der Waals surface area contributed by atoms with Crippen LogP contribution in [0.25, 0.3) is 0 Å². The second kappa shape index (κ2) is 9.60. The van der Waals surface area contributed by atoms with Gasteiger partial charge in [0.05, 0.1) is 0 Å². The van der Waals surface area contributed by atoms with E-state index in [-0.39, 0.29) is 6.54 Å². The number of alkyl carbamates (subject to hydrolysis) is 1. The fourth-order valence-corrected chi connectivity index (χ4v) is 2.90. The number of hydrogen-bond donors (Lipinski definition) is 2. The first-order chi connectivity index (χ1) is 12.1. The molecular weight excluding hydrogens is 330 g/mol. The van der Waals surface area contributed by atoms with Crippen molar-refractivity contribution in [1.82, 2.24) is 5.32 Å². The van der Waals surface area contributed by atoms with Gasteiger partial charge in [0.2, 0.25) is 0 Å². The van der Waals surface area contributed by atoms with Crippen LogP contribution >= 0.6 is 0 Å². The SMILES string of the molecule is CCCCCCC(CNC(=O)OC(C)(C)C)(C(=O)O)c1ccc(C)cc1. The van der Waals surface area contributed by atoms with Crippen molar-refractivity contribution < 1.29 is 19.4 Å². The molecule has 0 saturated carbocycles. The van der Waals surface area contributed by atoms with Crippen LogP contribution in [0.3, 0.4) is 0 Å². The Hall–Kier alpha value is -2.04. The highest BCUT2D eigenvalue weighted by Gasteiger charge is 2.40. The lowest BCUT2D eigenvalue weighted by Gasteiger charge is -2.31. The molecule has 1 aromatic rings. The van der Waals surface area contributed by atoms with E-state index in [1.54, 1.807) is 20.8 Å². The zero-order valence-electron chi connectivity index (χ0n) is 16.7. The number of nitrogens with one attached hydrogen (secondary N) is 1. The first-order valence-electron chi connectivity index (χ1n) is 9.38. The number of rotatable bonds is 9. The standard InChI is InChI=1S/C21H33NO4/c1-6-7-8-9-14-21(18(23)24,17-12-10-16(2)11-13-17)15-22-19(25)26-20(3,4)5/h10-13H,6-9,14-15H2,1-5H3,(H,22,25)(H,23,24). The highest BCUT2D eigenvalue weighted by atomic mass is 16.6. The second-order valence-corrected chi connectivity index (χ2v) is 7.92. The van der Waals surface area contributed by atoms with Crippen molar-refractivity contribution in [2.45, 2.75) is 77.7 Å². The molecule has 2 N–H and O–H groups in total. The molecule has 26 heavy (non-hydrogen) atoms. The Morgan fingerprint density at radius 3 is 2.19 bits per heavy atom. The Morgan fingerprint density at radius 1 is 1.08 bits per heavy atom. The van der Waals surface area contributed by atoms with Crippen LogP contribution in [0.4, 0.5) is 4.79 Å². The van der Waals surface area contributed by atoms with Gasteiger partial charge >= 0.3 is 12.1 Å². The van der Waals surface area contributed by atoms with Gasteiger partial charge in [-0.1, -0.05) is 62.4 Å². The highest BCUT2D eigenvalue weighted by Crippen LogP contribution is 2.31. The summed E-state index contributed by atoms with van der Waals surface area (Å²) < 4.78 is 5.27. The largest absolute Gasteiger partial charge is 0.481 e. The molecule has 0 bridgehead atoms. The number of aryl methyl sites for hydroxylation is 1. The van der Waals surface area contributed by atoms with Gasteiger partial charge in [-0.15, -0.1) is 0 Å². The molecule has 5 nitrogen and oxygen atoms in total. The molecule has 0 aliphatic carbocycles. The van der Waals surface area contributed by atoms with Gasteiger partial charge in [0.25, 0.3) is 0 Å². The van der Waals surface area contributed by atoms with Gasteiger partial charge in [0, 0.05) is 6.54 Å². The number of unbranched alkanes of at least 4 members (excludes halogenated alkanes) is 3. The number of carboxylic acids is 1. The molecule has 146 valence electrons. The van der Waals surface area contributed by atoms with E-state index in [1.165, 1.54) is 0 Å². The third-order valence-corrected chi connectivity index (χ3v) is 4.40. The van der Waals surface area contributed by atoms with Crippen LogP contribution in [0, 0.1) is 6.92 Å². The smallest absolute Gasteiger partial charge is 0.407 e. The fourth-order valence-electron chi connectivity index (χ4n) is 2.90. The third-order valence-electron chi connectivity index (χ3n) is 4.40. The molecule has 0 saturated heterocycles. The van der Waals surface area contributed by atoms with E-state index in [9.17, 15) is 14.7 Å². The van der Waals surface area contributed by atoms with Crippen molar-refractivity contribution in [1.29, 1.82) is 0 Å². The molecule has 5 heteroatoms. The first kappa shape index (κ1) is 22.0.